The fourth-order valence-electron chi connectivity index (χ4n) is 3.27. The topological polar surface area (TPSA) is 181 Å². The largest absolute Gasteiger partial charge is 0.504 e. The summed E-state index contributed by atoms with van der Waals surface area (Å²) < 4.78 is 9.05. The minimum Gasteiger partial charge on any atom is -0.504 e. The number of phenols is 1. The van der Waals surface area contributed by atoms with E-state index in [9.17, 15) is 24.6 Å². The first-order valence-corrected chi connectivity index (χ1v) is 11.5. The van der Waals surface area contributed by atoms with Gasteiger partial charge >= 0.3 is 0 Å². The molecule has 0 saturated carbocycles. The molecule has 0 radical (unpaired) electrons. The van der Waals surface area contributed by atoms with Gasteiger partial charge in [0.15, 0.2) is 17.2 Å². The number of anilines is 1. The maximum atomic E-state index is 13.6. The zero-order chi connectivity index (χ0) is 25.4. The number of benzene rings is 1. The number of rotatable bonds is 12. The van der Waals surface area contributed by atoms with Crippen LogP contribution in [0.5, 0.6) is 11.5 Å². The van der Waals surface area contributed by atoms with Crippen LogP contribution in [0.15, 0.2) is 18.2 Å². The number of nitrogen functional groups attached to an aromatic ring is 1. The highest BCUT2D eigenvalue weighted by molar-refractivity contribution is 7.09. The van der Waals surface area contributed by atoms with E-state index in [2.05, 4.69) is 9.69 Å². The molecule has 0 fully saturated rings. The summed E-state index contributed by atoms with van der Waals surface area (Å²) in [6.45, 7) is 4.21. The molecule has 2 aromatic rings. The lowest BCUT2D eigenvalue weighted by Crippen LogP contribution is -2.44. The van der Waals surface area contributed by atoms with Gasteiger partial charge in [0.25, 0.3) is 11.8 Å². The Hall–Kier alpha value is -3.38. The van der Waals surface area contributed by atoms with Gasteiger partial charge in [0.2, 0.25) is 5.91 Å². The highest BCUT2D eigenvalue weighted by atomic mass is 32.1. The van der Waals surface area contributed by atoms with Crippen LogP contribution in [0.3, 0.4) is 0 Å². The SMILES string of the molecule is COc1cc([C@@H](C(=O)NCCC(C)C)N(CCCO)C(=O)c2snc(C(N)=O)c2N)ccc1O. The summed E-state index contributed by atoms with van der Waals surface area (Å²) in [5.74, 6) is -1.63. The Morgan fingerprint density at radius 1 is 1.29 bits per heavy atom. The number of ether oxygens (including phenoxy) is 1. The van der Waals surface area contributed by atoms with Crippen LogP contribution in [0.1, 0.15) is 58.5 Å². The molecule has 12 heteroatoms. The number of aromatic hydroxyl groups is 1. The summed E-state index contributed by atoms with van der Waals surface area (Å²) in [7, 11) is 1.37. The molecule has 11 nitrogen and oxygen atoms in total. The van der Waals surface area contributed by atoms with E-state index in [1.54, 1.807) is 0 Å². The molecule has 0 aliphatic rings. The minimum atomic E-state index is -1.14. The van der Waals surface area contributed by atoms with Crippen molar-refractivity contribution in [1.29, 1.82) is 0 Å². The summed E-state index contributed by atoms with van der Waals surface area (Å²) in [5, 5.41) is 22.3. The minimum absolute atomic E-state index is 0.00401. The van der Waals surface area contributed by atoms with Gasteiger partial charge in [-0.1, -0.05) is 19.9 Å². The molecule has 7 N–H and O–H groups in total. The number of phenolic OH excluding ortho intramolecular Hbond substituents is 1. The fourth-order valence-corrected chi connectivity index (χ4v) is 4.03. The van der Waals surface area contributed by atoms with Gasteiger partial charge in [-0.3, -0.25) is 14.4 Å². The Balaban J connectivity index is 2.55. The third-order valence-electron chi connectivity index (χ3n) is 5.07. The van der Waals surface area contributed by atoms with Crippen LogP contribution in [-0.2, 0) is 4.79 Å². The van der Waals surface area contributed by atoms with Gasteiger partial charge in [-0.05, 0) is 48.0 Å². The summed E-state index contributed by atoms with van der Waals surface area (Å²) in [6.07, 6.45) is 0.907. The summed E-state index contributed by atoms with van der Waals surface area (Å²) >= 11 is 0.705. The predicted octanol–water partition coefficient (Wildman–Crippen LogP) is 1.27. The van der Waals surface area contributed by atoms with Crippen LogP contribution in [0, 0.1) is 5.92 Å². The Labute approximate surface area is 201 Å². The second kappa shape index (κ2) is 12.2. The van der Waals surface area contributed by atoms with Gasteiger partial charge in [-0.25, -0.2) is 0 Å². The number of aliphatic hydroxyl groups is 1. The van der Waals surface area contributed by atoms with Gasteiger partial charge in [0, 0.05) is 19.7 Å². The second-order valence-corrected chi connectivity index (χ2v) is 8.79. The number of hydrogen-bond donors (Lipinski definition) is 5. The van der Waals surface area contributed by atoms with E-state index >= 15 is 0 Å². The Bertz CT molecular complexity index is 1030. The van der Waals surface area contributed by atoms with Crippen molar-refractivity contribution in [3.63, 3.8) is 0 Å². The van der Waals surface area contributed by atoms with Gasteiger partial charge in [-0.15, -0.1) is 0 Å². The number of carbonyl (C=O) groups excluding carboxylic acids is 3. The van der Waals surface area contributed by atoms with Crippen LogP contribution in [0.4, 0.5) is 5.69 Å². The molecule has 0 aliphatic heterocycles. The lowest BCUT2D eigenvalue weighted by atomic mass is 10.0. The molecule has 0 spiro atoms. The van der Waals surface area contributed by atoms with E-state index in [0.29, 0.717) is 29.6 Å². The number of aromatic nitrogens is 1. The van der Waals surface area contributed by atoms with Crippen molar-refractivity contribution in [2.75, 3.05) is 32.5 Å². The van der Waals surface area contributed by atoms with Crippen LogP contribution in [0.25, 0.3) is 0 Å². The third-order valence-corrected chi connectivity index (χ3v) is 5.93. The molecule has 34 heavy (non-hydrogen) atoms. The van der Waals surface area contributed by atoms with Crippen molar-refractivity contribution in [2.45, 2.75) is 32.7 Å². The number of nitrogens with one attached hydrogen (secondary N) is 1. The first kappa shape index (κ1) is 26.9. The molecule has 1 heterocycles. The average Bonchev–Trinajstić information content (AvgIpc) is 3.18. The highest BCUT2D eigenvalue weighted by Gasteiger charge is 2.35. The normalized spacial score (nSPS) is 11.8. The number of nitrogens with zero attached hydrogens (tertiary/aromatic N) is 2. The van der Waals surface area contributed by atoms with Crippen LogP contribution < -0.4 is 21.5 Å². The van der Waals surface area contributed by atoms with Gasteiger partial charge < -0.3 is 36.6 Å². The van der Waals surface area contributed by atoms with E-state index < -0.39 is 23.8 Å². The van der Waals surface area contributed by atoms with E-state index in [-0.39, 0.29) is 47.3 Å². The average molecular weight is 494 g/mol. The maximum absolute atomic E-state index is 13.6. The Morgan fingerprint density at radius 2 is 2.00 bits per heavy atom. The molecular formula is C22H31N5O6S. The summed E-state index contributed by atoms with van der Waals surface area (Å²) in [5.41, 5.74) is 11.2. The van der Waals surface area contributed by atoms with Crippen LogP contribution >= 0.6 is 11.5 Å². The lowest BCUT2D eigenvalue weighted by Gasteiger charge is -2.31. The number of amides is 3. The van der Waals surface area contributed by atoms with Gasteiger partial charge in [0.05, 0.1) is 12.8 Å². The Kier molecular flexibility index (Phi) is 9.63. The number of carbonyl (C=O) groups is 3. The predicted molar refractivity (Wildman–Crippen MR) is 128 cm³/mol. The molecule has 1 aromatic heterocycles. The van der Waals surface area contributed by atoms with E-state index in [0.717, 1.165) is 6.42 Å². The quantitative estimate of drug-likeness (QED) is 0.293. The van der Waals surface area contributed by atoms with Gasteiger partial charge in [0.1, 0.15) is 10.9 Å². The summed E-state index contributed by atoms with van der Waals surface area (Å²) in [4.78, 5) is 39.7. The summed E-state index contributed by atoms with van der Waals surface area (Å²) in [6, 6.07) is 3.20. The zero-order valence-electron chi connectivity index (χ0n) is 19.4. The number of aliphatic hydroxyl groups excluding tert-OH is 1. The van der Waals surface area contributed by atoms with Crippen molar-refractivity contribution in [3.05, 3.63) is 34.3 Å². The van der Waals surface area contributed by atoms with E-state index in [1.165, 1.54) is 30.2 Å². The first-order chi connectivity index (χ1) is 16.1. The number of methoxy groups -OCH3 is 1. The molecule has 186 valence electrons. The van der Waals surface area contributed by atoms with E-state index in [4.69, 9.17) is 16.2 Å². The molecule has 3 amide bonds. The third kappa shape index (κ3) is 6.35. The molecular weight excluding hydrogens is 462 g/mol. The smallest absolute Gasteiger partial charge is 0.270 e. The molecule has 0 bridgehead atoms. The first-order valence-electron chi connectivity index (χ1n) is 10.7. The van der Waals surface area contributed by atoms with Crippen molar-refractivity contribution in [2.24, 2.45) is 11.7 Å². The number of hydrogen-bond acceptors (Lipinski definition) is 9. The molecule has 2 rings (SSSR count). The van der Waals surface area contributed by atoms with Crippen LogP contribution in [-0.4, -0.2) is 64.0 Å². The molecule has 1 atom stereocenters. The van der Waals surface area contributed by atoms with Crippen molar-refractivity contribution >= 4 is 34.9 Å². The van der Waals surface area contributed by atoms with E-state index in [1.807, 2.05) is 13.8 Å². The molecule has 0 saturated heterocycles. The van der Waals surface area contributed by atoms with Gasteiger partial charge in [-0.2, -0.15) is 4.37 Å². The van der Waals surface area contributed by atoms with Crippen LogP contribution in [0.2, 0.25) is 0 Å². The van der Waals surface area contributed by atoms with Crippen molar-refractivity contribution in [1.82, 2.24) is 14.6 Å². The fraction of sp³-hybridized carbons (Fsp3) is 0.455. The second-order valence-electron chi connectivity index (χ2n) is 8.02. The van der Waals surface area contributed by atoms with Crippen molar-refractivity contribution in [3.8, 4) is 11.5 Å². The number of primary amides is 1. The number of nitrogens with two attached hydrogens (primary N) is 2. The highest BCUT2D eigenvalue weighted by Crippen LogP contribution is 2.33. The standard InChI is InChI=1S/C22H31N5O6S/c1-12(2)7-8-25-21(31)18(13-5-6-14(29)15(11-13)33-3)27(9-4-10-28)22(32)19-16(23)17(20(24)30)26-34-19/h5-6,11-12,18,28-29H,4,7-10,23H2,1-3H3,(H2,24,30)(H,25,31)/t18-/m0/s1. The lowest BCUT2D eigenvalue weighted by molar-refractivity contribution is -0.126. The molecule has 0 unspecified atom stereocenters. The monoisotopic (exact) mass is 493 g/mol. The maximum Gasteiger partial charge on any atom is 0.270 e. The molecule has 0 aliphatic carbocycles. The molecule has 1 aromatic carbocycles. The van der Waals surface area contributed by atoms with Crippen molar-refractivity contribution < 1.29 is 29.3 Å². The zero-order valence-corrected chi connectivity index (χ0v) is 20.2. The Morgan fingerprint density at radius 3 is 2.56 bits per heavy atom.